The Bertz CT molecular complexity index is 517. The highest BCUT2D eigenvalue weighted by molar-refractivity contribution is 7.92. The maximum Gasteiger partial charge on any atom is 0.239 e. The summed E-state index contributed by atoms with van der Waals surface area (Å²) in [6.45, 7) is 0.500. The molecule has 1 aromatic carbocycles. The zero-order valence-corrected chi connectivity index (χ0v) is 12.8. The fourth-order valence-corrected chi connectivity index (χ4v) is 2.44. The predicted molar refractivity (Wildman–Crippen MR) is 80.7 cm³/mol. The maximum absolute atomic E-state index is 11.6. The first kappa shape index (κ1) is 18.9. The molecule has 1 aromatic rings. The molecular weight excluding hydrogens is 304 g/mol. The summed E-state index contributed by atoms with van der Waals surface area (Å²) in [7, 11) is -2.02. The van der Waals surface area contributed by atoms with E-state index in [0.29, 0.717) is 12.2 Å². The van der Waals surface area contributed by atoms with Gasteiger partial charge in [-0.15, -0.1) is 12.4 Å². The van der Waals surface area contributed by atoms with Crippen molar-refractivity contribution in [1.29, 1.82) is 0 Å². The van der Waals surface area contributed by atoms with Gasteiger partial charge in [-0.3, -0.25) is 4.79 Å². The Hall–Kier alpha value is -1.15. The van der Waals surface area contributed by atoms with Crippen molar-refractivity contribution < 1.29 is 17.9 Å². The van der Waals surface area contributed by atoms with Crippen molar-refractivity contribution in [1.82, 2.24) is 0 Å². The van der Waals surface area contributed by atoms with Crippen LogP contribution in [0, 0.1) is 0 Å². The topological polar surface area (TPSA) is 98.5 Å². The van der Waals surface area contributed by atoms with Crippen molar-refractivity contribution in [2.24, 2.45) is 5.73 Å². The van der Waals surface area contributed by atoms with Gasteiger partial charge in [0, 0.05) is 19.3 Å². The third-order valence-electron chi connectivity index (χ3n) is 2.42. The Kier molecular flexibility index (Phi) is 8.40. The quantitative estimate of drug-likeness (QED) is 0.764. The van der Waals surface area contributed by atoms with Crippen LogP contribution in [0.4, 0.5) is 5.69 Å². The molecule has 0 aliphatic heterocycles. The smallest absolute Gasteiger partial charge is 0.239 e. The molecule has 0 unspecified atom stereocenters. The molecule has 1 rings (SSSR count). The van der Waals surface area contributed by atoms with E-state index < -0.39 is 21.5 Å². The number of hydrogen-bond donors (Lipinski definition) is 2. The molecule has 0 spiro atoms. The summed E-state index contributed by atoms with van der Waals surface area (Å²) in [4.78, 5) is 11.6. The average Bonchev–Trinajstić information content (AvgIpc) is 2.36. The van der Waals surface area contributed by atoms with Crippen LogP contribution in [0.1, 0.15) is 5.56 Å². The number of rotatable bonds is 7. The number of ether oxygens (including phenoxy) is 1. The highest BCUT2D eigenvalue weighted by Gasteiger charge is 2.16. The summed E-state index contributed by atoms with van der Waals surface area (Å²) in [5.41, 5.74) is 6.93. The van der Waals surface area contributed by atoms with Gasteiger partial charge in [0.15, 0.2) is 9.84 Å². The van der Waals surface area contributed by atoms with E-state index in [0.717, 1.165) is 5.56 Å². The van der Waals surface area contributed by atoms with E-state index in [9.17, 15) is 13.2 Å². The van der Waals surface area contributed by atoms with E-state index in [4.69, 9.17) is 5.73 Å². The highest BCUT2D eigenvalue weighted by atomic mass is 35.5. The van der Waals surface area contributed by atoms with Gasteiger partial charge in [0.1, 0.15) is 5.75 Å². The number of amides is 1. The zero-order valence-electron chi connectivity index (χ0n) is 11.2. The summed E-state index contributed by atoms with van der Waals surface area (Å²) in [5, 5.41) is 2.53. The number of halogens is 1. The Morgan fingerprint density at radius 1 is 1.30 bits per heavy atom. The van der Waals surface area contributed by atoms with Crippen molar-refractivity contribution in [3.63, 3.8) is 0 Å². The van der Waals surface area contributed by atoms with E-state index >= 15 is 0 Å². The lowest BCUT2D eigenvalue weighted by atomic mass is 10.2. The number of carbonyl (C=O) groups is 1. The SMILES string of the molecule is COCCS(=O)(=O)CC(=O)Nc1ccc(CN)cc1.Cl. The summed E-state index contributed by atoms with van der Waals surface area (Å²) >= 11 is 0. The molecule has 0 radical (unpaired) electrons. The van der Waals surface area contributed by atoms with Crippen LogP contribution in [-0.4, -0.2) is 39.5 Å². The molecule has 1 amide bonds. The van der Waals surface area contributed by atoms with Crippen LogP contribution in [0.5, 0.6) is 0 Å². The van der Waals surface area contributed by atoms with E-state index in [2.05, 4.69) is 10.1 Å². The number of methoxy groups -OCH3 is 1. The van der Waals surface area contributed by atoms with Gasteiger partial charge in [0.25, 0.3) is 0 Å². The molecule has 20 heavy (non-hydrogen) atoms. The van der Waals surface area contributed by atoms with E-state index in [1.807, 2.05) is 0 Å². The number of benzene rings is 1. The van der Waals surface area contributed by atoms with Crippen LogP contribution in [0.25, 0.3) is 0 Å². The number of sulfone groups is 1. The van der Waals surface area contributed by atoms with E-state index in [-0.39, 0.29) is 24.8 Å². The van der Waals surface area contributed by atoms with Crippen LogP contribution < -0.4 is 11.1 Å². The molecule has 0 aliphatic rings. The molecule has 114 valence electrons. The summed E-state index contributed by atoms with van der Waals surface area (Å²) in [6, 6.07) is 6.91. The van der Waals surface area contributed by atoms with Crippen LogP contribution in [0.15, 0.2) is 24.3 Å². The lowest BCUT2D eigenvalue weighted by Crippen LogP contribution is -2.26. The van der Waals surface area contributed by atoms with Gasteiger partial charge in [-0.25, -0.2) is 8.42 Å². The van der Waals surface area contributed by atoms with Gasteiger partial charge < -0.3 is 15.8 Å². The lowest BCUT2D eigenvalue weighted by molar-refractivity contribution is -0.113. The van der Waals surface area contributed by atoms with Crippen LogP contribution >= 0.6 is 12.4 Å². The number of nitrogens with one attached hydrogen (secondary N) is 1. The largest absolute Gasteiger partial charge is 0.384 e. The zero-order chi connectivity index (χ0) is 14.3. The van der Waals surface area contributed by atoms with Gasteiger partial charge in [-0.05, 0) is 17.7 Å². The monoisotopic (exact) mass is 322 g/mol. The number of nitrogens with two attached hydrogens (primary N) is 1. The molecule has 3 N–H and O–H groups in total. The first-order valence-corrected chi connectivity index (χ1v) is 7.57. The molecule has 6 nitrogen and oxygen atoms in total. The minimum absolute atomic E-state index is 0. The molecule has 8 heteroatoms. The molecule has 0 saturated carbocycles. The van der Waals surface area contributed by atoms with E-state index in [1.165, 1.54) is 7.11 Å². The van der Waals surface area contributed by atoms with Crippen molar-refractivity contribution >= 4 is 33.8 Å². The third kappa shape index (κ3) is 6.85. The minimum Gasteiger partial charge on any atom is -0.384 e. The van der Waals surface area contributed by atoms with E-state index in [1.54, 1.807) is 24.3 Å². The Balaban J connectivity index is 0.00000361. The summed E-state index contributed by atoms with van der Waals surface area (Å²) < 4.78 is 27.7. The minimum atomic E-state index is -3.43. The number of hydrogen-bond acceptors (Lipinski definition) is 5. The maximum atomic E-state index is 11.6. The van der Waals surface area contributed by atoms with Crippen LogP contribution in [-0.2, 0) is 25.9 Å². The lowest BCUT2D eigenvalue weighted by Gasteiger charge is -2.06. The molecule has 0 bridgehead atoms. The summed E-state index contributed by atoms with van der Waals surface area (Å²) in [6.07, 6.45) is 0. The summed E-state index contributed by atoms with van der Waals surface area (Å²) in [5.74, 6) is -1.27. The number of carbonyl (C=O) groups excluding carboxylic acids is 1. The van der Waals surface area contributed by atoms with Gasteiger partial charge in [0.05, 0.1) is 12.4 Å². The molecule has 0 saturated heterocycles. The van der Waals surface area contributed by atoms with Gasteiger partial charge in [-0.2, -0.15) is 0 Å². The first-order valence-electron chi connectivity index (χ1n) is 5.75. The normalized spacial score (nSPS) is 10.7. The Morgan fingerprint density at radius 3 is 2.40 bits per heavy atom. The Morgan fingerprint density at radius 2 is 1.90 bits per heavy atom. The molecule has 0 heterocycles. The highest BCUT2D eigenvalue weighted by Crippen LogP contribution is 2.09. The molecule has 0 aliphatic carbocycles. The van der Waals surface area contributed by atoms with Gasteiger partial charge >= 0.3 is 0 Å². The van der Waals surface area contributed by atoms with Crippen molar-refractivity contribution in [3.8, 4) is 0 Å². The molecule has 0 aromatic heterocycles. The standard InChI is InChI=1S/C12H18N2O4S.ClH/c1-18-6-7-19(16,17)9-12(15)14-11-4-2-10(8-13)3-5-11;/h2-5H,6-9,13H2,1H3,(H,14,15);1H. The number of anilines is 1. The second-order valence-electron chi connectivity index (χ2n) is 4.03. The molecule has 0 atom stereocenters. The van der Waals surface area contributed by atoms with Crippen molar-refractivity contribution in [2.75, 3.05) is 30.5 Å². The third-order valence-corrected chi connectivity index (χ3v) is 3.91. The molecular formula is C12H19ClN2O4S. The predicted octanol–water partition coefficient (Wildman–Crippen LogP) is 0.567. The van der Waals surface area contributed by atoms with Crippen molar-refractivity contribution in [2.45, 2.75) is 6.54 Å². The fraction of sp³-hybridized carbons (Fsp3) is 0.417. The molecule has 0 fully saturated rings. The average molecular weight is 323 g/mol. The van der Waals surface area contributed by atoms with Crippen LogP contribution in [0.2, 0.25) is 0 Å². The van der Waals surface area contributed by atoms with Crippen LogP contribution in [0.3, 0.4) is 0 Å². The second-order valence-corrected chi connectivity index (χ2v) is 6.22. The first-order chi connectivity index (χ1) is 8.96. The Labute approximate surface area is 125 Å². The van der Waals surface area contributed by atoms with Gasteiger partial charge in [-0.1, -0.05) is 12.1 Å². The van der Waals surface area contributed by atoms with Crippen molar-refractivity contribution in [3.05, 3.63) is 29.8 Å². The fourth-order valence-electron chi connectivity index (χ4n) is 1.40. The van der Waals surface area contributed by atoms with Gasteiger partial charge in [0.2, 0.25) is 5.91 Å². The second kappa shape index (κ2) is 8.91.